The molecule has 0 atom stereocenters. The Morgan fingerprint density at radius 1 is 1.10 bits per heavy atom. The van der Waals surface area contributed by atoms with E-state index in [4.69, 9.17) is 11.6 Å². The molecule has 110 valence electrons. The Morgan fingerprint density at radius 2 is 1.71 bits per heavy atom. The van der Waals surface area contributed by atoms with Crippen LogP contribution < -0.4 is 0 Å². The highest BCUT2D eigenvalue weighted by molar-refractivity contribution is 6.31. The summed E-state index contributed by atoms with van der Waals surface area (Å²) in [6, 6.07) is 9.52. The van der Waals surface area contributed by atoms with E-state index < -0.39 is 11.7 Å². The van der Waals surface area contributed by atoms with Gasteiger partial charge in [0.05, 0.1) is 5.56 Å². The molecule has 1 nitrogen and oxygen atoms in total. The maximum absolute atomic E-state index is 12.5. The van der Waals surface area contributed by atoms with Crippen molar-refractivity contribution in [2.24, 2.45) is 0 Å². The van der Waals surface area contributed by atoms with E-state index in [0.29, 0.717) is 10.6 Å². The van der Waals surface area contributed by atoms with E-state index >= 15 is 0 Å². The summed E-state index contributed by atoms with van der Waals surface area (Å²) < 4.78 is 37.4. The van der Waals surface area contributed by atoms with E-state index in [-0.39, 0.29) is 17.8 Å². The molecule has 0 amide bonds. The van der Waals surface area contributed by atoms with Crippen LogP contribution in [0.2, 0.25) is 5.02 Å². The number of aryl methyl sites for hydroxylation is 1. The van der Waals surface area contributed by atoms with Gasteiger partial charge >= 0.3 is 6.18 Å². The van der Waals surface area contributed by atoms with Crippen LogP contribution in [0.3, 0.4) is 0 Å². The van der Waals surface area contributed by atoms with Crippen LogP contribution in [0.4, 0.5) is 13.2 Å². The third-order valence-electron chi connectivity index (χ3n) is 3.09. The lowest BCUT2D eigenvalue weighted by atomic mass is 10.0. The van der Waals surface area contributed by atoms with Gasteiger partial charge in [0.15, 0.2) is 5.78 Å². The van der Waals surface area contributed by atoms with Crippen LogP contribution >= 0.6 is 11.6 Å². The van der Waals surface area contributed by atoms with Crippen molar-refractivity contribution >= 4 is 17.4 Å². The third-order valence-corrected chi connectivity index (χ3v) is 3.45. The highest BCUT2D eigenvalue weighted by atomic mass is 35.5. The van der Waals surface area contributed by atoms with Crippen molar-refractivity contribution in [3.63, 3.8) is 0 Å². The fourth-order valence-corrected chi connectivity index (χ4v) is 2.22. The molecular formula is C16H12ClF3O. The number of benzene rings is 2. The van der Waals surface area contributed by atoms with Crippen LogP contribution in [0.1, 0.15) is 27.0 Å². The van der Waals surface area contributed by atoms with Gasteiger partial charge in [-0.1, -0.05) is 35.9 Å². The van der Waals surface area contributed by atoms with Crippen LogP contribution in [-0.2, 0) is 12.6 Å². The molecule has 0 unspecified atom stereocenters. The third kappa shape index (κ3) is 3.85. The van der Waals surface area contributed by atoms with Gasteiger partial charge in [-0.25, -0.2) is 0 Å². The first kappa shape index (κ1) is 15.6. The maximum Gasteiger partial charge on any atom is 0.416 e. The zero-order chi connectivity index (χ0) is 15.6. The van der Waals surface area contributed by atoms with Crippen molar-refractivity contribution in [3.8, 4) is 0 Å². The van der Waals surface area contributed by atoms with Crippen molar-refractivity contribution in [2.75, 3.05) is 0 Å². The number of hydrogen-bond acceptors (Lipinski definition) is 1. The van der Waals surface area contributed by atoms with E-state index in [2.05, 4.69) is 0 Å². The first-order valence-electron chi connectivity index (χ1n) is 6.23. The van der Waals surface area contributed by atoms with Gasteiger partial charge in [-0.2, -0.15) is 13.2 Å². The van der Waals surface area contributed by atoms with Gasteiger partial charge < -0.3 is 0 Å². The zero-order valence-corrected chi connectivity index (χ0v) is 11.9. The minimum absolute atomic E-state index is 0.0600. The second-order valence-corrected chi connectivity index (χ2v) is 5.18. The normalized spacial score (nSPS) is 11.5. The lowest BCUT2D eigenvalue weighted by molar-refractivity contribution is -0.137. The first-order valence-corrected chi connectivity index (χ1v) is 6.60. The molecule has 0 heterocycles. The van der Waals surface area contributed by atoms with Crippen LogP contribution in [0.5, 0.6) is 0 Å². The molecule has 0 saturated carbocycles. The molecule has 0 spiro atoms. The summed E-state index contributed by atoms with van der Waals surface area (Å²) in [7, 11) is 0. The van der Waals surface area contributed by atoms with Crippen molar-refractivity contribution in [2.45, 2.75) is 19.5 Å². The molecular weight excluding hydrogens is 301 g/mol. The monoisotopic (exact) mass is 312 g/mol. The smallest absolute Gasteiger partial charge is 0.294 e. The summed E-state index contributed by atoms with van der Waals surface area (Å²) in [6.45, 7) is 1.88. The number of halogens is 4. The van der Waals surface area contributed by atoms with Crippen LogP contribution in [0, 0.1) is 6.92 Å². The van der Waals surface area contributed by atoms with Gasteiger partial charge in [0.25, 0.3) is 0 Å². The van der Waals surface area contributed by atoms with E-state index in [0.717, 1.165) is 17.7 Å². The van der Waals surface area contributed by atoms with Crippen molar-refractivity contribution < 1.29 is 18.0 Å². The number of rotatable bonds is 3. The largest absolute Gasteiger partial charge is 0.416 e. The summed E-state index contributed by atoms with van der Waals surface area (Å²) in [4.78, 5) is 12.1. The number of hydrogen-bond donors (Lipinski definition) is 0. The molecule has 2 rings (SSSR count). The number of carbonyl (C=O) groups is 1. The molecule has 0 fully saturated rings. The van der Waals surface area contributed by atoms with Crippen LogP contribution in [0.25, 0.3) is 0 Å². The Balaban J connectivity index is 2.17. The van der Waals surface area contributed by atoms with Gasteiger partial charge in [0.2, 0.25) is 0 Å². The van der Waals surface area contributed by atoms with Gasteiger partial charge in [-0.15, -0.1) is 0 Å². The van der Waals surface area contributed by atoms with E-state index in [1.54, 1.807) is 12.1 Å². The highest BCUT2D eigenvalue weighted by Gasteiger charge is 2.30. The molecule has 0 aliphatic heterocycles. The molecule has 0 N–H and O–H groups in total. The number of alkyl halides is 3. The molecule has 0 aliphatic rings. The average molecular weight is 313 g/mol. The fourth-order valence-electron chi connectivity index (χ4n) is 1.92. The average Bonchev–Trinajstić information content (AvgIpc) is 2.41. The van der Waals surface area contributed by atoms with Gasteiger partial charge in [-0.3, -0.25) is 4.79 Å². The van der Waals surface area contributed by atoms with Crippen LogP contribution in [-0.4, -0.2) is 5.78 Å². The first-order chi connectivity index (χ1) is 9.77. The van der Waals surface area contributed by atoms with E-state index in [9.17, 15) is 18.0 Å². The maximum atomic E-state index is 12.5. The summed E-state index contributed by atoms with van der Waals surface area (Å²) in [5, 5.41) is 0.482. The number of carbonyl (C=O) groups excluding carboxylic acids is 1. The quantitative estimate of drug-likeness (QED) is 0.721. The lowest BCUT2D eigenvalue weighted by Crippen LogP contribution is -2.07. The topological polar surface area (TPSA) is 17.1 Å². The predicted octanol–water partition coefficient (Wildman–Crippen LogP) is 5.09. The van der Waals surface area contributed by atoms with Crippen molar-refractivity contribution in [1.82, 2.24) is 0 Å². The molecule has 5 heteroatoms. The molecule has 2 aromatic rings. The van der Waals surface area contributed by atoms with Crippen LogP contribution in [0.15, 0.2) is 42.5 Å². The molecule has 0 bridgehead atoms. The molecule has 2 aromatic carbocycles. The molecule has 0 radical (unpaired) electrons. The number of ketones is 1. The second-order valence-electron chi connectivity index (χ2n) is 4.77. The van der Waals surface area contributed by atoms with Crippen molar-refractivity contribution in [1.29, 1.82) is 0 Å². The second kappa shape index (κ2) is 5.90. The Hall–Kier alpha value is -1.81. The van der Waals surface area contributed by atoms with Crippen molar-refractivity contribution in [3.05, 3.63) is 69.7 Å². The SMILES string of the molecule is Cc1ccc(CC(=O)c2ccc(C(F)(F)F)cc2)c(Cl)c1. The predicted molar refractivity (Wildman–Crippen MR) is 75.7 cm³/mol. The fraction of sp³-hybridized carbons (Fsp3) is 0.188. The lowest BCUT2D eigenvalue weighted by Gasteiger charge is -2.08. The summed E-state index contributed by atoms with van der Waals surface area (Å²) in [6.07, 6.45) is -4.34. The Kier molecular flexibility index (Phi) is 4.37. The molecule has 21 heavy (non-hydrogen) atoms. The van der Waals surface area contributed by atoms with E-state index in [1.165, 1.54) is 12.1 Å². The molecule has 0 aromatic heterocycles. The number of Topliss-reactive ketones (excluding diaryl/α,β-unsaturated/α-hetero) is 1. The highest BCUT2D eigenvalue weighted by Crippen LogP contribution is 2.29. The van der Waals surface area contributed by atoms with Gasteiger partial charge in [0, 0.05) is 17.0 Å². The summed E-state index contributed by atoms with van der Waals surface area (Å²) in [5.74, 6) is -0.269. The minimum atomic E-state index is -4.40. The molecule has 0 aliphatic carbocycles. The van der Waals surface area contributed by atoms with E-state index in [1.807, 2.05) is 13.0 Å². The Labute approximate surface area is 125 Å². The minimum Gasteiger partial charge on any atom is -0.294 e. The standard InChI is InChI=1S/C16H12ClF3O/c1-10-2-3-12(14(17)8-10)9-15(21)11-4-6-13(7-5-11)16(18,19)20/h2-8H,9H2,1H3. The summed E-state index contributed by atoms with van der Waals surface area (Å²) >= 11 is 6.05. The molecule has 0 saturated heterocycles. The van der Waals surface area contributed by atoms with Gasteiger partial charge in [-0.05, 0) is 36.2 Å². The Bertz CT molecular complexity index is 660. The Morgan fingerprint density at radius 3 is 2.24 bits per heavy atom. The zero-order valence-electron chi connectivity index (χ0n) is 11.2. The summed E-state index contributed by atoms with van der Waals surface area (Å²) in [5.41, 5.74) is 1.10. The van der Waals surface area contributed by atoms with Gasteiger partial charge in [0.1, 0.15) is 0 Å².